The van der Waals surface area contributed by atoms with Crippen LogP contribution in [0.2, 0.25) is 0 Å². The molecule has 0 amide bonds. The summed E-state index contributed by atoms with van der Waals surface area (Å²) in [5.74, 6) is -2.22. The number of ketones is 1. The predicted molar refractivity (Wildman–Crippen MR) is 75.2 cm³/mol. The van der Waals surface area contributed by atoms with Gasteiger partial charge in [-0.1, -0.05) is 24.3 Å². The summed E-state index contributed by atoms with van der Waals surface area (Å²) in [6.07, 6.45) is 6.69. The highest BCUT2D eigenvalue weighted by atomic mass is 16.5. The van der Waals surface area contributed by atoms with Gasteiger partial charge < -0.3 is 21.3 Å². The summed E-state index contributed by atoms with van der Waals surface area (Å²) in [4.78, 5) is 34.7. The minimum absolute atomic E-state index is 0.0205. The van der Waals surface area contributed by atoms with Gasteiger partial charge in [-0.25, -0.2) is 0 Å². The highest BCUT2D eigenvalue weighted by molar-refractivity contribution is 5.94. The average Bonchev–Trinajstić information content (AvgIpc) is 2.45. The van der Waals surface area contributed by atoms with Gasteiger partial charge in [-0.3, -0.25) is 14.4 Å². The summed E-state index contributed by atoms with van der Waals surface area (Å²) in [6, 6.07) is -2.13. The van der Waals surface area contributed by atoms with E-state index in [9.17, 15) is 14.4 Å². The van der Waals surface area contributed by atoms with Gasteiger partial charge in [-0.15, -0.1) is 0 Å². The number of carbonyl (C=O) groups is 3. The van der Waals surface area contributed by atoms with Crippen LogP contribution in [0, 0.1) is 5.41 Å². The molecular formula is C14H20N2O5. The summed E-state index contributed by atoms with van der Waals surface area (Å²) in [5.41, 5.74) is 10.3. The Hall–Kier alpha value is -1.99. The number of esters is 1. The van der Waals surface area contributed by atoms with Crippen LogP contribution in [0.1, 0.15) is 19.3 Å². The number of hydrogen-bond acceptors (Lipinski definition) is 6. The molecule has 1 unspecified atom stereocenters. The Bertz CT molecular complexity index is 486. The molecule has 3 atom stereocenters. The fourth-order valence-corrected chi connectivity index (χ4v) is 2.38. The van der Waals surface area contributed by atoms with Crippen molar-refractivity contribution in [1.82, 2.24) is 0 Å². The van der Waals surface area contributed by atoms with Crippen LogP contribution in [-0.2, 0) is 19.1 Å². The van der Waals surface area contributed by atoms with Crippen LogP contribution < -0.4 is 11.5 Å². The van der Waals surface area contributed by atoms with Crippen LogP contribution in [-0.4, -0.2) is 42.0 Å². The Labute approximate surface area is 122 Å². The molecule has 0 fully saturated rings. The Morgan fingerprint density at radius 2 is 1.95 bits per heavy atom. The Kier molecular flexibility index (Phi) is 5.80. The molecule has 21 heavy (non-hydrogen) atoms. The molecule has 1 rings (SSSR count). The van der Waals surface area contributed by atoms with Gasteiger partial charge >= 0.3 is 11.9 Å². The quantitative estimate of drug-likeness (QED) is 0.552. The van der Waals surface area contributed by atoms with Crippen LogP contribution >= 0.6 is 0 Å². The zero-order valence-electron chi connectivity index (χ0n) is 11.8. The standard InChI is InChI=1S/C14H20N2O5/c1-21-13(20)10(16)8-14(5-3-2-4-6-14)12(19)9(15)7-11(17)18/h2-5,9-10H,6-8,15-16H2,1H3,(H,17,18)/t9-,10-,14?/m0/s1. The molecular weight excluding hydrogens is 276 g/mol. The first-order valence-corrected chi connectivity index (χ1v) is 6.52. The van der Waals surface area contributed by atoms with E-state index in [1.165, 1.54) is 7.11 Å². The monoisotopic (exact) mass is 296 g/mol. The third-order valence-electron chi connectivity index (χ3n) is 3.45. The highest BCUT2D eigenvalue weighted by Crippen LogP contribution is 2.35. The first-order chi connectivity index (χ1) is 9.82. The van der Waals surface area contributed by atoms with Crippen molar-refractivity contribution in [3.8, 4) is 0 Å². The van der Waals surface area contributed by atoms with E-state index in [4.69, 9.17) is 16.6 Å². The minimum Gasteiger partial charge on any atom is -0.481 e. The Balaban J connectivity index is 2.96. The molecule has 7 heteroatoms. The number of rotatable bonds is 7. The molecule has 0 heterocycles. The van der Waals surface area contributed by atoms with Crippen LogP contribution in [0.15, 0.2) is 24.3 Å². The summed E-state index contributed by atoms with van der Waals surface area (Å²) in [7, 11) is 1.21. The van der Waals surface area contributed by atoms with Gasteiger partial charge in [0.2, 0.25) is 0 Å². The zero-order valence-corrected chi connectivity index (χ0v) is 11.8. The molecule has 0 aromatic rings. The second kappa shape index (κ2) is 7.14. The minimum atomic E-state index is -1.15. The van der Waals surface area contributed by atoms with Gasteiger partial charge in [0.25, 0.3) is 0 Å². The fraction of sp³-hybridized carbons (Fsp3) is 0.500. The van der Waals surface area contributed by atoms with Gasteiger partial charge in [-0.05, 0) is 12.8 Å². The van der Waals surface area contributed by atoms with Crippen molar-refractivity contribution >= 4 is 17.7 Å². The number of aliphatic carboxylic acids is 1. The molecule has 0 radical (unpaired) electrons. The lowest BCUT2D eigenvalue weighted by atomic mass is 9.71. The van der Waals surface area contributed by atoms with Gasteiger partial charge in [0.1, 0.15) is 6.04 Å². The van der Waals surface area contributed by atoms with Crippen molar-refractivity contribution in [3.63, 3.8) is 0 Å². The van der Waals surface area contributed by atoms with Gasteiger partial charge in [0.15, 0.2) is 5.78 Å². The fourth-order valence-electron chi connectivity index (χ4n) is 2.38. The van der Waals surface area contributed by atoms with Crippen LogP contribution in [0.5, 0.6) is 0 Å². The SMILES string of the molecule is COC(=O)[C@@H](N)CC1(C(=O)[C@@H](N)CC(=O)O)C=CC=CC1. The van der Waals surface area contributed by atoms with Gasteiger partial charge in [-0.2, -0.15) is 0 Å². The molecule has 0 bridgehead atoms. The molecule has 0 aromatic heterocycles. The first kappa shape index (κ1) is 17.1. The van der Waals surface area contributed by atoms with Crippen LogP contribution in [0.4, 0.5) is 0 Å². The molecule has 1 aliphatic rings. The van der Waals surface area contributed by atoms with E-state index in [1.807, 2.05) is 0 Å². The Morgan fingerprint density at radius 1 is 1.29 bits per heavy atom. The first-order valence-electron chi connectivity index (χ1n) is 6.52. The lowest BCUT2D eigenvalue weighted by Crippen LogP contribution is -2.48. The predicted octanol–water partition coefficient (Wildman–Crippen LogP) is -0.250. The number of methoxy groups -OCH3 is 1. The molecule has 0 aromatic carbocycles. The smallest absolute Gasteiger partial charge is 0.322 e. The van der Waals surface area contributed by atoms with Crippen molar-refractivity contribution in [1.29, 1.82) is 0 Å². The average molecular weight is 296 g/mol. The van der Waals surface area contributed by atoms with E-state index in [1.54, 1.807) is 24.3 Å². The molecule has 0 aliphatic heterocycles. The number of ether oxygens (including phenoxy) is 1. The van der Waals surface area contributed by atoms with E-state index in [2.05, 4.69) is 4.74 Å². The molecule has 0 saturated carbocycles. The lowest BCUT2D eigenvalue weighted by Gasteiger charge is -2.33. The van der Waals surface area contributed by atoms with Crippen molar-refractivity contribution in [2.75, 3.05) is 7.11 Å². The summed E-state index contributed by atoms with van der Waals surface area (Å²) < 4.78 is 4.56. The molecule has 116 valence electrons. The van der Waals surface area contributed by atoms with Crippen molar-refractivity contribution in [2.24, 2.45) is 16.9 Å². The zero-order chi connectivity index (χ0) is 16.0. The highest BCUT2D eigenvalue weighted by Gasteiger charge is 2.41. The number of carbonyl (C=O) groups excluding carboxylic acids is 2. The topological polar surface area (TPSA) is 133 Å². The van der Waals surface area contributed by atoms with E-state index >= 15 is 0 Å². The summed E-state index contributed by atoms with van der Waals surface area (Å²) >= 11 is 0. The maximum Gasteiger partial charge on any atom is 0.322 e. The molecule has 5 N–H and O–H groups in total. The van der Waals surface area contributed by atoms with Gasteiger partial charge in [0.05, 0.1) is 25.0 Å². The normalized spacial score (nSPS) is 23.4. The van der Waals surface area contributed by atoms with E-state index in [0.29, 0.717) is 6.42 Å². The number of allylic oxidation sites excluding steroid dienone is 4. The number of carboxylic acid groups (broad SMARTS) is 1. The van der Waals surface area contributed by atoms with Crippen LogP contribution in [0.3, 0.4) is 0 Å². The number of hydrogen-bond donors (Lipinski definition) is 3. The Morgan fingerprint density at radius 3 is 2.43 bits per heavy atom. The van der Waals surface area contributed by atoms with Crippen molar-refractivity contribution in [2.45, 2.75) is 31.3 Å². The molecule has 7 nitrogen and oxygen atoms in total. The third kappa shape index (κ3) is 4.24. The van der Waals surface area contributed by atoms with Crippen molar-refractivity contribution in [3.05, 3.63) is 24.3 Å². The second-order valence-corrected chi connectivity index (χ2v) is 5.05. The molecule has 0 saturated heterocycles. The summed E-state index contributed by atoms with van der Waals surface area (Å²) in [5, 5.41) is 8.76. The number of Topliss-reactive ketones (excluding diaryl/α,β-unsaturated/α-hetero) is 1. The van der Waals surface area contributed by atoms with E-state index in [-0.39, 0.29) is 6.42 Å². The largest absolute Gasteiger partial charge is 0.481 e. The van der Waals surface area contributed by atoms with E-state index in [0.717, 1.165) is 0 Å². The second-order valence-electron chi connectivity index (χ2n) is 5.05. The molecule has 0 spiro atoms. The molecule has 1 aliphatic carbocycles. The van der Waals surface area contributed by atoms with Crippen molar-refractivity contribution < 1.29 is 24.2 Å². The van der Waals surface area contributed by atoms with Crippen LogP contribution in [0.25, 0.3) is 0 Å². The van der Waals surface area contributed by atoms with E-state index < -0.39 is 41.6 Å². The third-order valence-corrected chi connectivity index (χ3v) is 3.45. The maximum absolute atomic E-state index is 12.5. The number of carboxylic acids is 1. The lowest BCUT2D eigenvalue weighted by molar-refractivity contribution is -0.144. The summed E-state index contributed by atoms with van der Waals surface area (Å²) in [6.45, 7) is 0. The van der Waals surface area contributed by atoms with Gasteiger partial charge in [0, 0.05) is 0 Å². The number of nitrogens with two attached hydrogens (primary N) is 2. The maximum atomic E-state index is 12.5.